The fourth-order valence-electron chi connectivity index (χ4n) is 8.91. The average molecular weight is 694 g/mol. The smallest absolute Gasteiger partial charge is 0.144 e. The van der Waals surface area contributed by atoms with Gasteiger partial charge in [-0.3, -0.25) is 0 Å². The molecule has 0 aliphatic heterocycles. The number of nitrogens with zero attached hydrogens (tertiary/aromatic N) is 1. The van der Waals surface area contributed by atoms with Crippen molar-refractivity contribution in [3.8, 4) is 33.4 Å². The second-order valence-electron chi connectivity index (χ2n) is 14.9. The number of benzene rings is 8. The molecule has 3 nitrogen and oxygen atoms in total. The molecule has 2 aromatic heterocycles. The van der Waals surface area contributed by atoms with Crippen LogP contribution < -0.4 is 4.90 Å². The number of anilines is 3. The first kappa shape index (κ1) is 30.8. The summed E-state index contributed by atoms with van der Waals surface area (Å²) in [6.07, 6.45) is 0. The molecule has 0 radical (unpaired) electrons. The van der Waals surface area contributed by atoms with Gasteiger partial charge in [0, 0.05) is 38.5 Å². The van der Waals surface area contributed by atoms with Crippen LogP contribution in [0.2, 0.25) is 0 Å². The van der Waals surface area contributed by atoms with Crippen LogP contribution in [0, 0.1) is 0 Å². The SMILES string of the molecule is CC1(C)c2ccccc2-c2ccc(-c3c4oc5cccc(N(c6ccccc6)c6ccc(-c7ccccc7)cc6)c5c4cc4oc5ccccc5c34)cc21. The Morgan fingerprint density at radius 3 is 1.91 bits per heavy atom. The zero-order valence-electron chi connectivity index (χ0n) is 30.0. The van der Waals surface area contributed by atoms with E-state index in [-0.39, 0.29) is 5.41 Å². The van der Waals surface area contributed by atoms with Crippen LogP contribution in [0.4, 0.5) is 17.1 Å². The number of fused-ring (bicyclic) bond motifs is 9. The molecule has 0 bridgehead atoms. The summed E-state index contributed by atoms with van der Waals surface area (Å²) in [5, 5.41) is 4.22. The zero-order chi connectivity index (χ0) is 36.0. The minimum atomic E-state index is -0.138. The van der Waals surface area contributed by atoms with Gasteiger partial charge in [0.2, 0.25) is 0 Å². The van der Waals surface area contributed by atoms with Gasteiger partial charge in [-0.15, -0.1) is 0 Å². The van der Waals surface area contributed by atoms with Crippen molar-refractivity contribution >= 4 is 60.9 Å². The van der Waals surface area contributed by atoms with Crippen LogP contribution in [-0.2, 0) is 5.41 Å². The summed E-state index contributed by atoms with van der Waals surface area (Å²) >= 11 is 0. The van der Waals surface area contributed by atoms with Crippen LogP contribution in [0.15, 0.2) is 185 Å². The minimum absolute atomic E-state index is 0.138. The normalized spacial score (nSPS) is 13.1. The second-order valence-corrected chi connectivity index (χ2v) is 14.9. The second kappa shape index (κ2) is 11.6. The molecule has 8 aromatic carbocycles. The van der Waals surface area contributed by atoms with Gasteiger partial charge in [0.05, 0.1) is 11.1 Å². The van der Waals surface area contributed by atoms with Crippen molar-refractivity contribution in [1.29, 1.82) is 0 Å². The lowest BCUT2D eigenvalue weighted by molar-refractivity contribution is 0.660. The summed E-state index contributed by atoms with van der Waals surface area (Å²) in [6, 6.07) is 62.7. The Hall–Kier alpha value is -6.84. The van der Waals surface area contributed by atoms with Crippen LogP contribution in [-0.4, -0.2) is 0 Å². The number of rotatable bonds is 5. The highest BCUT2D eigenvalue weighted by Gasteiger charge is 2.36. The molecule has 0 atom stereocenters. The number of hydrogen-bond acceptors (Lipinski definition) is 3. The van der Waals surface area contributed by atoms with E-state index in [1.807, 2.05) is 6.07 Å². The van der Waals surface area contributed by atoms with Crippen LogP contribution in [0.3, 0.4) is 0 Å². The average Bonchev–Trinajstić information content (AvgIpc) is 3.86. The fraction of sp³-hybridized carbons (Fsp3) is 0.0588. The maximum atomic E-state index is 7.07. The summed E-state index contributed by atoms with van der Waals surface area (Å²) < 4.78 is 13.8. The van der Waals surface area contributed by atoms with Gasteiger partial charge < -0.3 is 13.7 Å². The van der Waals surface area contributed by atoms with E-state index in [0.29, 0.717) is 0 Å². The van der Waals surface area contributed by atoms with Gasteiger partial charge in [-0.2, -0.15) is 0 Å². The molecule has 0 amide bonds. The van der Waals surface area contributed by atoms with E-state index in [9.17, 15) is 0 Å². The van der Waals surface area contributed by atoms with Crippen LogP contribution in [0.25, 0.3) is 77.3 Å². The van der Waals surface area contributed by atoms with Gasteiger partial charge in [-0.1, -0.05) is 135 Å². The van der Waals surface area contributed by atoms with Gasteiger partial charge in [-0.05, 0) is 93.5 Å². The van der Waals surface area contributed by atoms with Gasteiger partial charge in [0.1, 0.15) is 22.3 Å². The summed E-state index contributed by atoms with van der Waals surface area (Å²) in [4.78, 5) is 2.34. The molecule has 0 saturated heterocycles. The van der Waals surface area contributed by atoms with E-state index in [0.717, 1.165) is 72.1 Å². The maximum Gasteiger partial charge on any atom is 0.144 e. The molecule has 1 aliphatic rings. The lowest BCUT2D eigenvalue weighted by Gasteiger charge is -2.26. The summed E-state index contributed by atoms with van der Waals surface area (Å²) in [5.74, 6) is 0. The third-order valence-corrected chi connectivity index (χ3v) is 11.5. The van der Waals surface area contributed by atoms with Crippen molar-refractivity contribution in [3.05, 3.63) is 187 Å². The number of para-hydroxylation sites is 2. The fourth-order valence-corrected chi connectivity index (χ4v) is 8.91. The highest BCUT2D eigenvalue weighted by Crippen LogP contribution is 2.52. The standard InChI is InChI=1S/C51H35NO2/c1-51(2)41-20-11-9-18-37(41)38-29-26-34(30-42(38)51)47-49-39-19-10-12-22-44(39)53-46(49)31-40-48-43(21-13-23-45(48)54-50(40)47)52(35-16-7-4-8-17-35)36-27-24-33(25-28-36)32-14-5-3-6-15-32/h3-31H,1-2H3. The van der Waals surface area contributed by atoms with Gasteiger partial charge in [-0.25, -0.2) is 0 Å². The first-order chi connectivity index (χ1) is 26.5. The predicted molar refractivity (Wildman–Crippen MR) is 224 cm³/mol. The molecule has 54 heavy (non-hydrogen) atoms. The van der Waals surface area contributed by atoms with Crippen molar-refractivity contribution in [1.82, 2.24) is 0 Å². The van der Waals surface area contributed by atoms with Crippen LogP contribution in [0.1, 0.15) is 25.0 Å². The molecule has 0 unspecified atom stereocenters. The molecule has 11 rings (SSSR count). The summed E-state index contributed by atoms with van der Waals surface area (Å²) in [6.45, 7) is 4.67. The Morgan fingerprint density at radius 2 is 1.07 bits per heavy atom. The molecule has 10 aromatic rings. The maximum absolute atomic E-state index is 7.07. The van der Waals surface area contributed by atoms with Crippen molar-refractivity contribution in [2.45, 2.75) is 19.3 Å². The Kier molecular flexibility index (Phi) is 6.60. The predicted octanol–water partition coefficient (Wildman–Crippen LogP) is 14.6. The summed E-state index contributed by atoms with van der Waals surface area (Å²) in [7, 11) is 0. The number of hydrogen-bond donors (Lipinski definition) is 0. The molecule has 1 aliphatic carbocycles. The van der Waals surface area contributed by atoms with Gasteiger partial charge in [0.25, 0.3) is 0 Å². The minimum Gasteiger partial charge on any atom is -0.456 e. The van der Waals surface area contributed by atoms with Crippen molar-refractivity contribution in [2.75, 3.05) is 4.90 Å². The molecule has 0 fully saturated rings. The van der Waals surface area contributed by atoms with Crippen LogP contribution >= 0.6 is 0 Å². The quantitative estimate of drug-likeness (QED) is 0.180. The lowest BCUT2D eigenvalue weighted by Crippen LogP contribution is -2.14. The lowest BCUT2D eigenvalue weighted by atomic mass is 9.81. The van der Waals surface area contributed by atoms with E-state index in [4.69, 9.17) is 8.83 Å². The third kappa shape index (κ3) is 4.48. The van der Waals surface area contributed by atoms with Crippen molar-refractivity contribution < 1.29 is 8.83 Å². The molecular formula is C51H35NO2. The molecular weight excluding hydrogens is 659 g/mol. The molecule has 0 saturated carbocycles. The largest absolute Gasteiger partial charge is 0.456 e. The van der Waals surface area contributed by atoms with Gasteiger partial charge >= 0.3 is 0 Å². The Labute approximate surface area is 313 Å². The highest BCUT2D eigenvalue weighted by atomic mass is 16.3. The monoisotopic (exact) mass is 693 g/mol. The highest BCUT2D eigenvalue weighted by molar-refractivity contribution is 6.25. The number of furan rings is 2. The van der Waals surface area contributed by atoms with Gasteiger partial charge in [0.15, 0.2) is 0 Å². The Balaban J connectivity index is 1.19. The van der Waals surface area contributed by atoms with E-state index < -0.39 is 0 Å². The Morgan fingerprint density at radius 1 is 0.426 bits per heavy atom. The molecule has 2 heterocycles. The Bertz CT molecular complexity index is 3060. The first-order valence-corrected chi connectivity index (χ1v) is 18.6. The summed E-state index contributed by atoms with van der Waals surface area (Å²) in [5.41, 5.74) is 16.3. The third-order valence-electron chi connectivity index (χ3n) is 11.5. The van der Waals surface area contributed by atoms with Crippen molar-refractivity contribution in [2.24, 2.45) is 0 Å². The molecule has 256 valence electrons. The molecule has 0 spiro atoms. The topological polar surface area (TPSA) is 29.5 Å². The van der Waals surface area contributed by atoms with E-state index >= 15 is 0 Å². The van der Waals surface area contributed by atoms with Crippen LogP contribution in [0.5, 0.6) is 0 Å². The van der Waals surface area contributed by atoms with E-state index in [2.05, 4.69) is 189 Å². The zero-order valence-corrected chi connectivity index (χ0v) is 30.0. The molecule has 3 heteroatoms. The van der Waals surface area contributed by atoms with E-state index in [1.165, 1.54) is 33.4 Å². The van der Waals surface area contributed by atoms with Crippen molar-refractivity contribution in [3.63, 3.8) is 0 Å². The first-order valence-electron chi connectivity index (χ1n) is 18.6. The molecule has 0 N–H and O–H groups in total. The van der Waals surface area contributed by atoms with E-state index in [1.54, 1.807) is 0 Å².